The Bertz CT molecular complexity index is 874. The number of piperazine rings is 1. The van der Waals surface area contributed by atoms with Crippen LogP contribution < -0.4 is 15.1 Å². The van der Waals surface area contributed by atoms with Crippen LogP contribution in [0.25, 0.3) is 0 Å². The number of carbonyl (C=O) groups excluding carboxylic acids is 2. The minimum atomic E-state index is -0.715. The van der Waals surface area contributed by atoms with Crippen molar-refractivity contribution in [1.29, 1.82) is 0 Å². The first kappa shape index (κ1) is 16.7. The molecule has 0 atom stereocenters. The molecule has 1 amide bonds. The molecule has 134 valence electrons. The normalized spacial score (nSPS) is 17.0. The highest BCUT2D eigenvalue weighted by molar-refractivity contribution is 6.53. The number of hydrogen-bond donors (Lipinski definition) is 1. The van der Waals surface area contributed by atoms with Gasteiger partial charge in [0.05, 0.1) is 23.5 Å². The van der Waals surface area contributed by atoms with E-state index in [2.05, 4.69) is 10.2 Å². The molecule has 1 N–H and O–H groups in total. The second-order valence-corrected chi connectivity index (χ2v) is 6.41. The molecule has 0 bridgehead atoms. The SMILES string of the molecule is O=C1C(=O)N(Cc2cc(F)cc(F)c2)c2cccc(N3CCNCC3)c21. The smallest absolute Gasteiger partial charge is 0.299 e. The second kappa shape index (κ2) is 6.49. The summed E-state index contributed by atoms with van der Waals surface area (Å²) in [6.45, 7) is 3.04. The second-order valence-electron chi connectivity index (χ2n) is 6.41. The molecule has 0 aromatic heterocycles. The van der Waals surface area contributed by atoms with Gasteiger partial charge in [0.1, 0.15) is 11.6 Å². The molecule has 7 heteroatoms. The molecule has 0 aliphatic carbocycles. The van der Waals surface area contributed by atoms with E-state index in [1.807, 2.05) is 6.07 Å². The summed E-state index contributed by atoms with van der Waals surface area (Å²) in [5.74, 6) is -2.68. The van der Waals surface area contributed by atoms with Crippen LogP contribution in [0.15, 0.2) is 36.4 Å². The van der Waals surface area contributed by atoms with Gasteiger partial charge in [0, 0.05) is 32.2 Å². The van der Waals surface area contributed by atoms with Crippen molar-refractivity contribution in [3.05, 3.63) is 59.2 Å². The topological polar surface area (TPSA) is 52.7 Å². The van der Waals surface area contributed by atoms with E-state index in [0.29, 0.717) is 16.8 Å². The van der Waals surface area contributed by atoms with E-state index in [9.17, 15) is 18.4 Å². The van der Waals surface area contributed by atoms with E-state index in [4.69, 9.17) is 0 Å². The van der Waals surface area contributed by atoms with Gasteiger partial charge < -0.3 is 15.1 Å². The van der Waals surface area contributed by atoms with E-state index in [1.165, 1.54) is 17.0 Å². The van der Waals surface area contributed by atoms with Crippen LogP contribution in [0.1, 0.15) is 15.9 Å². The standard InChI is InChI=1S/C19H17F2N3O2/c20-13-8-12(9-14(21)10-13)11-24-16-3-1-2-15(17(16)18(25)19(24)26)23-6-4-22-5-7-23/h1-3,8-10,22H,4-7,11H2. The Morgan fingerprint density at radius 2 is 1.62 bits per heavy atom. The van der Waals surface area contributed by atoms with Gasteiger partial charge in [-0.2, -0.15) is 0 Å². The van der Waals surface area contributed by atoms with Crippen molar-refractivity contribution in [2.75, 3.05) is 36.0 Å². The van der Waals surface area contributed by atoms with Crippen molar-refractivity contribution in [2.45, 2.75) is 6.54 Å². The van der Waals surface area contributed by atoms with Crippen LogP contribution in [0, 0.1) is 11.6 Å². The van der Waals surface area contributed by atoms with Crippen LogP contribution in [0.2, 0.25) is 0 Å². The van der Waals surface area contributed by atoms with Gasteiger partial charge in [-0.3, -0.25) is 9.59 Å². The van der Waals surface area contributed by atoms with Gasteiger partial charge >= 0.3 is 0 Å². The molecule has 26 heavy (non-hydrogen) atoms. The molecular formula is C19H17F2N3O2. The van der Waals surface area contributed by atoms with Crippen LogP contribution in [0.4, 0.5) is 20.2 Å². The zero-order chi connectivity index (χ0) is 18.3. The third kappa shape index (κ3) is 2.84. The van der Waals surface area contributed by atoms with Crippen molar-refractivity contribution >= 4 is 23.1 Å². The number of rotatable bonds is 3. The Morgan fingerprint density at radius 3 is 2.31 bits per heavy atom. The van der Waals surface area contributed by atoms with Crippen LogP contribution in [0.5, 0.6) is 0 Å². The molecule has 1 saturated heterocycles. The summed E-state index contributed by atoms with van der Waals surface area (Å²) in [5.41, 5.74) is 1.89. The highest BCUT2D eigenvalue weighted by Gasteiger charge is 2.38. The fourth-order valence-electron chi connectivity index (χ4n) is 3.54. The maximum atomic E-state index is 13.5. The summed E-state index contributed by atoms with van der Waals surface area (Å²) in [6, 6.07) is 8.43. The average Bonchev–Trinajstić information content (AvgIpc) is 2.87. The number of hydrogen-bond acceptors (Lipinski definition) is 4. The zero-order valence-corrected chi connectivity index (χ0v) is 14.0. The maximum Gasteiger partial charge on any atom is 0.299 e. The summed E-state index contributed by atoms with van der Waals surface area (Å²) in [5, 5.41) is 3.25. The quantitative estimate of drug-likeness (QED) is 0.855. The fourth-order valence-corrected chi connectivity index (χ4v) is 3.54. The third-order valence-electron chi connectivity index (χ3n) is 4.70. The Labute approximate surface area is 149 Å². The number of benzene rings is 2. The zero-order valence-electron chi connectivity index (χ0n) is 14.0. The van der Waals surface area contributed by atoms with Gasteiger partial charge in [-0.05, 0) is 29.8 Å². The molecule has 2 aromatic carbocycles. The summed E-state index contributed by atoms with van der Waals surface area (Å²) in [4.78, 5) is 28.5. The molecular weight excluding hydrogens is 340 g/mol. The van der Waals surface area contributed by atoms with Gasteiger partial charge in [-0.1, -0.05) is 6.07 Å². The van der Waals surface area contributed by atoms with Crippen molar-refractivity contribution in [3.8, 4) is 0 Å². The summed E-state index contributed by atoms with van der Waals surface area (Å²) in [6.07, 6.45) is 0. The van der Waals surface area contributed by atoms with E-state index < -0.39 is 23.3 Å². The predicted octanol–water partition coefficient (Wildman–Crippen LogP) is 2.10. The number of carbonyl (C=O) groups is 2. The number of fused-ring (bicyclic) bond motifs is 1. The largest absolute Gasteiger partial charge is 0.368 e. The van der Waals surface area contributed by atoms with Gasteiger partial charge in [0.25, 0.3) is 11.7 Å². The lowest BCUT2D eigenvalue weighted by Crippen LogP contribution is -2.44. The van der Waals surface area contributed by atoms with Crippen molar-refractivity contribution < 1.29 is 18.4 Å². The molecule has 2 aliphatic heterocycles. The van der Waals surface area contributed by atoms with Crippen molar-refractivity contribution in [3.63, 3.8) is 0 Å². The Balaban J connectivity index is 1.72. The first-order valence-electron chi connectivity index (χ1n) is 8.44. The van der Waals surface area contributed by atoms with Gasteiger partial charge in [0.2, 0.25) is 0 Å². The number of halogens is 2. The van der Waals surface area contributed by atoms with Crippen LogP contribution in [-0.2, 0) is 11.3 Å². The fraction of sp³-hybridized carbons (Fsp3) is 0.263. The van der Waals surface area contributed by atoms with Gasteiger partial charge in [0.15, 0.2) is 0 Å². The average molecular weight is 357 g/mol. The van der Waals surface area contributed by atoms with Crippen molar-refractivity contribution in [1.82, 2.24) is 5.32 Å². The Morgan fingerprint density at radius 1 is 0.962 bits per heavy atom. The number of nitrogens with zero attached hydrogens (tertiary/aromatic N) is 2. The number of nitrogens with one attached hydrogen (secondary N) is 1. The van der Waals surface area contributed by atoms with Gasteiger partial charge in [-0.15, -0.1) is 0 Å². The molecule has 4 rings (SSSR count). The molecule has 1 fully saturated rings. The van der Waals surface area contributed by atoms with E-state index in [-0.39, 0.29) is 6.54 Å². The van der Waals surface area contributed by atoms with E-state index in [1.54, 1.807) is 12.1 Å². The molecule has 5 nitrogen and oxygen atoms in total. The van der Waals surface area contributed by atoms with Crippen LogP contribution >= 0.6 is 0 Å². The molecule has 0 radical (unpaired) electrons. The first-order chi connectivity index (χ1) is 12.5. The summed E-state index contributed by atoms with van der Waals surface area (Å²) in [7, 11) is 0. The number of anilines is 2. The predicted molar refractivity (Wildman–Crippen MR) is 93.4 cm³/mol. The van der Waals surface area contributed by atoms with E-state index >= 15 is 0 Å². The highest BCUT2D eigenvalue weighted by atomic mass is 19.1. The highest BCUT2D eigenvalue weighted by Crippen LogP contribution is 2.37. The van der Waals surface area contributed by atoms with Crippen molar-refractivity contribution in [2.24, 2.45) is 0 Å². The van der Waals surface area contributed by atoms with Gasteiger partial charge in [-0.25, -0.2) is 8.78 Å². The molecule has 0 spiro atoms. The molecule has 0 unspecified atom stereocenters. The molecule has 2 aliphatic rings. The minimum absolute atomic E-state index is 0.0583. The molecule has 2 aromatic rings. The Kier molecular flexibility index (Phi) is 4.16. The lowest BCUT2D eigenvalue weighted by molar-refractivity contribution is -0.114. The third-order valence-corrected chi connectivity index (χ3v) is 4.70. The summed E-state index contributed by atoms with van der Waals surface area (Å²) < 4.78 is 26.9. The number of Topliss-reactive ketones (excluding diaryl/α,β-unsaturated/α-hetero) is 1. The Hall–Kier alpha value is -2.80. The number of ketones is 1. The lowest BCUT2D eigenvalue weighted by Gasteiger charge is -2.30. The first-order valence-corrected chi connectivity index (χ1v) is 8.44. The van der Waals surface area contributed by atoms with Crippen LogP contribution in [0.3, 0.4) is 0 Å². The molecule has 2 heterocycles. The van der Waals surface area contributed by atoms with E-state index in [0.717, 1.165) is 37.9 Å². The minimum Gasteiger partial charge on any atom is -0.368 e. The monoisotopic (exact) mass is 357 g/mol. The number of amides is 1. The summed E-state index contributed by atoms with van der Waals surface area (Å²) >= 11 is 0. The van der Waals surface area contributed by atoms with Crippen LogP contribution in [-0.4, -0.2) is 37.9 Å². The molecule has 0 saturated carbocycles. The lowest BCUT2D eigenvalue weighted by atomic mass is 10.1. The maximum absolute atomic E-state index is 13.5.